The first-order chi connectivity index (χ1) is 5.27. The summed E-state index contributed by atoms with van der Waals surface area (Å²) in [5, 5.41) is 0. The van der Waals surface area contributed by atoms with E-state index in [9.17, 15) is 0 Å². The van der Waals surface area contributed by atoms with Crippen molar-refractivity contribution in [3.05, 3.63) is 24.3 Å². The second-order valence-corrected chi connectivity index (χ2v) is 2.51. The average Bonchev–Trinajstić information content (AvgIpc) is 2.33. The van der Waals surface area contributed by atoms with Crippen molar-refractivity contribution in [2.45, 2.75) is 6.92 Å². The number of rotatable bonds is 0. The van der Waals surface area contributed by atoms with Crippen molar-refractivity contribution in [3.63, 3.8) is 0 Å². The van der Waals surface area contributed by atoms with E-state index in [4.69, 9.17) is 0 Å². The van der Waals surface area contributed by atoms with Gasteiger partial charge in [0.05, 0.1) is 0 Å². The van der Waals surface area contributed by atoms with Crippen molar-refractivity contribution >= 4 is 11.0 Å². The molecule has 0 fully saturated rings. The normalized spacial score (nSPS) is 9.08. The molecule has 0 amide bonds. The summed E-state index contributed by atoms with van der Waals surface area (Å²) in [5.74, 6) is 0. The second-order valence-electron chi connectivity index (χ2n) is 2.51. The van der Waals surface area contributed by atoms with Crippen molar-refractivity contribution in [1.82, 2.24) is 14.5 Å². The van der Waals surface area contributed by atoms with Gasteiger partial charge in [0.25, 0.3) is 0 Å². The Hall–Kier alpha value is 0.412. The van der Waals surface area contributed by atoms with Crippen LogP contribution in [0.15, 0.2) is 6.07 Å². The van der Waals surface area contributed by atoms with Crippen LogP contribution in [-0.2, 0) is 60.8 Å². The van der Waals surface area contributed by atoms with Gasteiger partial charge in [-0.05, 0) is 7.05 Å². The van der Waals surface area contributed by atoms with Crippen molar-refractivity contribution in [2.24, 2.45) is 7.05 Å². The van der Waals surface area contributed by atoms with Crippen LogP contribution in [0.1, 0.15) is 5.69 Å². The zero-order valence-electron chi connectivity index (χ0n) is 7.40. The Labute approximate surface area is 116 Å². The standard InChI is InChI=1S/C8H7N3.W.Y/c1-6-3-8-7(4-9-6)10-5-11(8)2;;/h3H,1-2H3;;/q-2;;. The van der Waals surface area contributed by atoms with Gasteiger partial charge in [-0.2, -0.15) is 0 Å². The van der Waals surface area contributed by atoms with E-state index in [0.717, 1.165) is 16.7 Å². The molecule has 0 atom stereocenters. The monoisotopic (exact) mass is 418 g/mol. The fourth-order valence-electron chi connectivity index (χ4n) is 1.01. The number of hydrogen-bond donors (Lipinski definition) is 0. The maximum Gasteiger partial charge on any atom is 0.000212 e. The summed E-state index contributed by atoms with van der Waals surface area (Å²) in [7, 11) is 1.91. The molecule has 1 radical (unpaired) electrons. The zero-order chi connectivity index (χ0) is 7.84. The van der Waals surface area contributed by atoms with Gasteiger partial charge in [0.15, 0.2) is 0 Å². The molecule has 3 nitrogen and oxygen atoms in total. The molecule has 2 heterocycles. The van der Waals surface area contributed by atoms with Crippen LogP contribution < -0.4 is 0 Å². The minimum atomic E-state index is 0. The summed E-state index contributed by atoms with van der Waals surface area (Å²) in [5.41, 5.74) is 2.75. The predicted octanol–water partition coefficient (Wildman–Crippen LogP) is 0.872. The number of aryl methyl sites for hydroxylation is 2. The maximum atomic E-state index is 4.00. The third-order valence-electron chi connectivity index (χ3n) is 1.60. The SMILES string of the molecule is Cc1cc2c([c-]n1)n[c-]n2C.[W].[Y]. The molecule has 2 aromatic heterocycles. The minimum absolute atomic E-state index is 0. The summed E-state index contributed by atoms with van der Waals surface area (Å²) in [6, 6.07) is 1.97. The van der Waals surface area contributed by atoms with Gasteiger partial charge in [0.1, 0.15) is 0 Å². The van der Waals surface area contributed by atoms with E-state index in [1.165, 1.54) is 0 Å². The summed E-state index contributed by atoms with van der Waals surface area (Å²) in [4.78, 5) is 7.98. The smallest absolute Gasteiger partial charge is 0.000212 e. The molecule has 0 spiro atoms. The molecule has 13 heavy (non-hydrogen) atoms. The van der Waals surface area contributed by atoms with E-state index in [-0.39, 0.29) is 53.8 Å². The van der Waals surface area contributed by atoms with E-state index >= 15 is 0 Å². The minimum Gasteiger partial charge on any atom is -0.452 e. The van der Waals surface area contributed by atoms with Crippen molar-refractivity contribution in [3.8, 4) is 0 Å². The van der Waals surface area contributed by atoms with Gasteiger partial charge in [-0.1, -0.05) is 12.6 Å². The molecule has 0 bridgehead atoms. The Morgan fingerprint density at radius 3 is 2.77 bits per heavy atom. The number of imidazole rings is 1. The number of nitrogens with zero attached hydrogens (tertiary/aromatic N) is 3. The molecule has 0 aliphatic rings. The van der Waals surface area contributed by atoms with Gasteiger partial charge in [0.2, 0.25) is 0 Å². The van der Waals surface area contributed by atoms with Gasteiger partial charge in [-0.15, -0.1) is 23.3 Å². The molecule has 0 aliphatic carbocycles. The third-order valence-corrected chi connectivity index (χ3v) is 1.60. The Bertz CT molecular complexity index is 399. The van der Waals surface area contributed by atoms with Crippen molar-refractivity contribution < 1.29 is 53.8 Å². The van der Waals surface area contributed by atoms with E-state index < -0.39 is 0 Å². The third kappa shape index (κ3) is 2.68. The average molecular weight is 418 g/mol. The fourth-order valence-corrected chi connectivity index (χ4v) is 1.01. The van der Waals surface area contributed by atoms with E-state index in [0.29, 0.717) is 0 Å². The largest absolute Gasteiger partial charge is 0.452 e. The Kier molecular flexibility index (Phi) is 5.50. The van der Waals surface area contributed by atoms with Gasteiger partial charge in [-0.25, -0.2) is 0 Å². The van der Waals surface area contributed by atoms with E-state index in [2.05, 4.69) is 22.5 Å². The fraction of sp³-hybridized carbons (Fsp3) is 0.250. The maximum absolute atomic E-state index is 4.00. The molecular formula is C8H7N3WY-2. The van der Waals surface area contributed by atoms with Crippen LogP contribution in [0.3, 0.4) is 0 Å². The predicted molar refractivity (Wildman–Crippen MR) is 40.9 cm³/mol. The molecule has 0 aliphatic heterocycles. The molecule has 0 unspecified atom stereocenters. The molecule has 65 valence electrons. The Morgan fingerprint density at radius 2 is 2.08 bits per heavy atom. The molecule has 0 N–H and O–H groups in total. The van der Waals surface area contributed by atoms with E-state index in [1.54, 1.807) is 0 Å². The Balaban J connectivity index is 0.000000720. The summed E-state index contributed by atoms with van der Waals surface area (Å²) in [6.45, 7) is 1.93. The van der Waals surface area contributed by atoms with Crippen LogP contribution in [0, 0.1) is 19.4 Å². The first kappa shape index (κ1) is 13.4. The van der Waals surface area contributed by atoms with Crippen LogP contribution in [0.2, 0.25) is 0 Å². The van der Waals surface area contributed by atoms with Crippen LogP contribution in [0.4, 0.5) is 0 Å². The topological polar surface area (TPSA) is 30.7 Å². The molecule has 0 saturated carbocycles. The van der Waals surface area contributed by atoms with Gasteiger partial charge in [-0.3, -0.25) is 0 Å². The summed E-state index contributed by atoms with van der Waals surface area (Å²) in [6.07, 6.45) is 5.63. The van der Waals surface area contributed by atoms with Crippen LogP contribution in [0.5, 0.6) is 0 Å². The zero-order valence-corrected chi connectivity index (χ0v) is 13.2. The number of hydrogen-bond acceptors (Lipinski definition) is 2. The molecule has 2 rings (SSSR count). The molecule has 5 heteroatoms. The quantitative estimate of drug-likeness (QED) is 0.596. The summed E-state index contributed by atoms with van der Waals surface area (Å²) < 4.78 is 1.83. The van der Waals surface area contributed by atoms with Crippen LogP contribution in [0.25, 0.3) is 11.0 Å². The van der Waals surface area contributed by atoms with Crippen molar-refractivity contribution in [2.75, 3.05) is 0 Å². The molecular weight excluding hydrogens is 411 g/mol. The number of fused-ring (bicyclic) bond motifs is 1. The van der Waals surface area contributed by atoms with Gasteiger partial charge >= 0.3 is 0 Å². The number of aromatic nitrogens is 3. The van der Waals surface area contributed by atoms with Crippen LogP contribution >= 0.6 is 0 Å². The first-order valence-corrected chi connectivity index (χ1v) is 3.37. The Morgan fingerprint density at radius 1 is 1.38 bits per heavy atom. The van der Waals surface area contributed by atoms with Gasteiger partial charge in [0, 0.05) is 60.1 Å². The number of pyridine rings is 1. The first-order valence-electron chi connectivity index (χ1n) is 3.37. The van der Waals surface area contributed by atoms with E-state index in [1.807, 2.05) is 24.6 Å². The molecule has 0 saturated heterocycles. The molecule has 0 aromatic carbocycles. The second kappa shape index (κ2) is 5.33. The van der Waals surface area contributed by atoms with Crippen molar-refractivity contribution in [1.29, 1.82) is 0 Å². The summed E-state index contributed by atoms with van der Waals surface area (Å²) >= 11 is 0. The van der Waals surface area contributed by atoms with Crippen LogP contribution in [-0.4, -0.2) is 14.5 Å². The van der Waals surface area contributed by atoms with Gasteiger partial charge < -0.3 is 14.5 Å². The molecule has 2 aromatic rings.